The SMILES string of the molecule is COC(=O)NCC(=O)N1CCCC(CNC(=O)OC(C)(C)C)C1. The molecule has 0 radical (unpaired) electrons. The largest absolute Gasteiger partial charge is 0.453 e. The second-order valence-electron chi connectivity index (χ2n) is 6.58. The molecule has 0 aromatic heterocycles. The number of carbonyl (C=O) groups is 3. The monoisotopic (exact) mass is 329 g/mol. The van der Waals surface area contributed by atoms with E-state index in [9.17, 15) is 14.4 Å². The zero-order valence-corrected chi connectivity index (χ0v) is 14.3. The van der Waals surface area contributed by atoms with Gasteiger partial charge in [0.25, 0.3) is 0 Å². The fraction of sp³-hybridized carbons (Fsp3) is 0.800. The van der Waals surface area contributed by atoms with E-state index in [4.69, 9.17) is 4.74 Å². The van der Waals surface area contributed by atoms with Gasteiger partial charge in [0.05, 0.1) is 7.11 Å². The van der Waals surface area contributed by atoms with Gasteiger partial charge in [-0.3, -0.25) is 4.79 Å². The number of nitrogens with zero attached hydrogens (tertiary/aromatic N) is 1. The Morgan fingerprint density at radius 1 is 1.17 bits per heavy atom. The van der Waals surface area contributed by atoms with Gasteiger partial charge in [0.2, 0.25) is 5.91 Å². The van der Waals surface area contributed by atoms with Crippen molar-refractivity contribution in [1.82, 2.24) is 15.5 Å². The molecule has 3 amide bonds. The van der Waals surface area contributed by atoms with Crippen LogP contribution in [0.3, 0.4) is 0 Å². The normalized spacial score (nSPS) is 18.1. The number of rotatable bonds is 4. The van der Waals surface area contributed by atoms with Gasteiger partial charge in [0.15, 0.2) is 0 Å². The predicted molar refractivity (Wildman–Crippen MR) is 83.9 cm³/mol. The van der Waals surface area contributed by atoms with E-state index in [0.717, 1.165) is 12.8 Å². The van der Waals surface area contributed by atoms with Gasteiger partial charge in [-0.25, -0.2) is 9.59 Å². The molecule has 1 aliphatic rings. The van der Waals surface area contributed by atoms with Crippen LogP contribution in [0, 0.1) is 5.92 Å². The van der Waals surface area contributed by atoms with Crippen LogP contribution >= 0.6 is 0 Å². The van der Waals surface area contributed by atoms with Gasteiger partial charge in [-0.2, -0.15) is 0 Å². The Labute approximate surface area is 136 Å². The van der Waals surface area contributed by atoms with Gasteiger partial charge in [-0.05, 0) is 39.5 Å². The first-order valence-corrected chi connectivity index (χ1v) is 7.77. The maximum Gasteiger partial charge on any atom is 0.407 e. The van der Waals surface area contributed by atoms with Gasteiger partial charge in [0, 0.05) is 19.6 Å². The van der Waals surface area contributed by atoms with Gasteiger partial charge >= 0.3 is 12.2 Å². The zero-order valence-electron chi connectivity index (χ0n) is 14.3. The van der Waals surface area contributed by atoms with Crippen LogP contribution in [0.1, 0.15) is 33.6 Å². The summed E-state index contributed by atoms with van der Waals surface area (Å²) in [6.07, 6.45) is 0.723. The van der Waals surface area contributed by atoms with Crippen molar-refractivity contribution in [2.75, 3.05) is 33.3 Å². The summed E-state index contributed by atoms with van der Waals surface area (Å²) in [7, 11) is 1.25. The minimum Gasteiger partial charge on any atom is -0.453 e. The first kappa shape index (κ1) is 19.1. The highest BCUT2D eigenvalue weighted by molar-refractivity contribution is 5.82. The van der Waals surface area contributed by atoms with E-state index < -0.39 is 17.8 Å². The van der Waals surface area contributed by atoms with E-state index in [1.54, 1.807) is 4.90 Å². The van der Waals surface area contributed by atoms with Crippen LogP contribution < -0.4 is 10.6 Å². The fourth-order valence-electron chi connectivity index (χ4n) is 2.33. The molecule has 2 N–H and O–H groups in total. The van der Waals surface area contributed by atoms with E-state index in [0.29, 0.717) is 19.6 Å². The molecule has 1 heterocycles. The first-order valence-electron chi connectivity index (χ1n) is 7.77. The molecule has 0 aromatic carbocycles. The number of piperidine rings is 1. The van der Waals surface area contributed by atoms with Crippen LogP contribution in [0.15, 0.2) is 0 Å². The van der Waals surface area contributed by atoms with Crippen LogP contribution in [-0.2, 0) is 14.3 Å². The highest BCUT2D eigenvalue weighted by Crippen LogP contribution is 2.16. The second-order valence-corrected chi connectivity index (χ2v) is 6.58. The molecule has 0 spiro atoms. The van der Waals surface area contributed by atoms with E-state index in [2.05, 4.69) is 15.4 Å². The molecule has 132 valence electrons. The van der Waals surface area contributed by atoms with Crippen molar-refractivity contribution in [3.8, 4) is 0 Å². The number of ether oxygens (including phenoxy) is 2. The standard InChI is InChI=1S/C15H27N3O5/c1-15(2,3)23-14(21)16-8-11-6-5-7-18(10-11)12(19)9-17-13(20)22-4/h11H,5-10H2,1-4H3,(H,16,21)(H,17,20). The molecule has 1 rings (SSSR count). The molecule has 8 nitrogen and oxygen atoms in total. The molecule has 1 aliphatic heterocycles. The zero-order chi connectivity index (χ0) is 17.5. The molecule has 8 heteroatoms. The molecule has 23 heavy (non-hydrogen) atoms. The molecular weight excluding hydrogens is 302 g/mol. The van der Waals surface area contributed by atoms with Crippen LogP contribution in [0.2, 0.25) is 0 Å². The summed E-state index contributed by atoms with van der Waals surface area (Å²) in [5, 5.41) is 5.12. The van der Waals surface area contributed by atoms with E-state index >= 15 is 0 Å². The smallest absolute Gasteiger partial charge is 0.407 e. The summed E-state index contributed by atoms with van der Waals surface area (Å²) in [4.78, 5) is 36.4. The Kier molecular flexibility index (Phi) is 7.12. The number of hydrogen-bond acceptors (Lipinski definition) is 5. The van der Waals surface area contributed by atoms with Gasteiger partial charge in [-0.1, -0.05) is 0 Å². The lowest BCUT2D eigenvalue weighted by Gasteiger charge is -2.33. The third kappa shape index (κ3) is 7.71. The Morgan fingerprint density at radius 2 is 1.87 bits per heavy atom. The molecule has 1 fully saturated rings. The summed E-state index contributed by atoms with van der Waals surface area (Å²) in [5.41, 5.74) is -0.530. The van der Waals surface area contributed by atoms with Crippen molar-refractivity contribution < 1.29 is 23.9 Å². The summed E-state index contributed by atoms with van der Waals surface area (Å²) in [6, 6.07) is 0. The number of carbonyl (C=O) groups excluding carboxylic acids is 3. The van der Waals surface area contributed by atoms with Crippen molar-refractivity contribution in [3.63, 3.8) is 0 Å². The molecule has 0 saturated carbocycles. The highest BCUT2D eigenvalue weighted by Gasteiger charge is 2.25. The number of methoxy groups -OCH3 is 1. The van der Waals surface area contributed by atoms with E-state index in [-0.39, 0.29) is 18.4 Å². The molecule has 0 aromatic rings. The topological polar surface area (TPSA) is 97.0 Å². The van der Waals surface area contributed by atoms with Gasteiger partial charge in [0.1, 0.15) is 12.1 Å². The van der Waals surface area contributed by atoms with Gasteiger partial charge < -0.3 is 25.0 Å². The average molecular weight is 329 g/mol. The minimum absolute atomic E-state index is 0.0844. The number of alkyl carbamates (subject to hydrolysis) is 2. The third-order valence-electron chi connectivity index (χ3n) is 3.38. The highest BCUT2D eigenvalue weighted by atomic mass is 16.6. The average Bonchev–Trinajstić information content (AvgIpc) is 2.48. The van der Waals surface area contributed by atoms with Crippen LogP contribution in [-0.4, -0.2) is 61.9 Å². The Bertz CT molecular complexity index is 433. The van der Waals surface area contributed by atoms with Crippen molar-refractivity contribution in [2.24, 2.45) is 5.92 Å². The number of amides is 3. The number of likely N-dealkylation sites (tertiary alicyclic amines) is 1. The van der Waals surface area contributed by atoms with Crippen molar-refractivity contribution >= 4 is 18.1 Å². The quantitative estimate of drug-likeness (QED) is 0.805. The molecule has 1 saturated heterocycles. The fourth-order valence-corrected chi connectivity index (χ4v) is 2.33. The Balaban J connectivity index is 2.35. The number of hydrogen-bond donors (Lipinski definition) is 2. The number of nitrogens with one attached hydrogen (secondary N) is 2. The molecular formula is C15H27N3O5. The van der Waals surface area contributed by atoms with E-state index in [1.807, 2.05) is 20.8 Å². The first-order chi connectivity index (χ1) is 10.7. The van der Waals surface area contributed by atoms with Gasteiger partial charge in [-0.15, -0.1) is 0 Å². The van der Waals surface area contributed by atoms with Crippen molar-refractivity contribution in [1.29, 1.82) is 0 Å². The van der Waals surface area contributed by atoms with Crippen molar-refractivity contribution in [3.05, 3.63) is 0 Å². The summed E-state index contributed by atoms with van der Waals surface area (Å²) >= 11 is 0. The maximum absolute atomic E-state index is 12.0. The van der Waals surface area contributed by atoms with E-state index in [1.165, 1.54) is 7.11 Å². The Hall–Kier alpha value is -1.99. The summed E-state index contributed by atoms with van der Waals surface area (Å²) in [5.74, 6) is 0.0238. The molecule has 0 bridgehead atoms. The molecule has 1 unspecified atom stereocenters. The lowest BCUT2D eigenvalue weighted by Crippen LogP contribution is -2.47. The summed E-state index contributed by atoms with van der Waals surface area (Å²) < 4.78 is 9.62. The lowest BCUT2D eigenvalue weighted by molar-refractivity contribution is -0.131. The third-order valence-corrected chi connectivity index (χ3v) is 3.38. The Morgan fingerprint density at radius 3 is 2.48 bits per heavy atom. The van der Waals surface area contributed by atoms with Crippen LogP contribution in [0.4, 0.5) is 9.59 Å². The molecule has 1 atom stereocenters. The minimum atomic E-state index is -0.626. The molecule has 0 aliphatic carbocycles. The van der Waals surface area contributed by atoms with Crippen molar-refractivity contribution in [2.45, 2.75) is 39.2 Å². The predicted octanol–water partition coefficient (Wildman–Crippen LogP) is 1.11. The van der Waals surface area contributed by atoms with Crippen LogP contribution in [0.5, 0.6) is 0 Å². The summed E-state index contributed by atoms with van der Waals surface area (Å²) in [6.45, 7) is 7.01. The lowest BCUT2D eigenvalue weighted by atomic mass is 9.98. The maximum atomic E-state index is 12.0. The van der Waals surface area contributed by atoms with Crippen LogP contribution in [0.25, 0.3) is 0 Å². The second kappa shape index (κ2) is 8.59.